The highest BCUT2D eigenvalue weighted by Crippen LogP contribution is 2.24. The average molecular weight is 253 g/mol. The Hall–Kier alpha value is 0.220. The van der Waals surface area contributed by atoms with E-state index in [4.69, 9.17) is 0 Å². The van der Waals surface area contributed by atoms with Gasteiger partial charge in [-0.1, -0.05) is 11.8 Å². The van der Waals surface area contributed by atoms with Crippen molar-refractivity contribution in [3.63, 3.8) is 0 Å². The molecule has 1 aromatic rings. The van der Waals surface area contributed by atoms with Crippen molar-refractivity contribution >= 4 is 34.4 Å². The second kappa shape index (κ2) is 2.12. The van der Waals surface area contributed by atoms with E-state index < -0.39 is 0 Å². The van der Waals surface area contributed by atoms with Crippen LogP contribution in [0.15, 0.2) is 5.16 Å². The molecule has 2 heterocycles. The van der Waals surface area contributed by atoms with Crippen molar-refractivity contribution in [2.24, 2.45) is 0 Å². The molecule has 0 bridgehead atoms. The summed E-state index contributed by atoms with van der Waals surface area (Å²) in [5.41, 5.74) is 0. The number of fused-ring (bicyclic) bond motifs is 1. The molecule has 0 saturated carbocycles. The van der Waals surface area contributed by atoms with E-state index in [0.717, 1.165) is 21.3 Å². The fourth-order valence-corrected chi connectivity index (χ4v) is 2.42. The lowest BCUT2D eigenvalue weighted by Gasteiger charge is -1.89. The molecule has 0 fully saturated rings. The third-order valence-electron chi connectivity index (χ3n) is 1.22. The van der Waals surface area contributed by atoms with Crippen molar-refractivity contribution in [2.45, 2.75) is 11.7 Å². The topological polar surface area (TPSA) is 30.7 Å². The van der Waals surface area contributed by atoms with Gasteiger partial charge in [-0.25, -0.2) is 0 Å². The zero-order valence-electron chi connectivity index (χ0n) is 4.54. The summed E-state index contributed by atoms with van der Waals surface area (Å²) in [5, 5.41) is 8.95. The third kappa shape index (κ3) is 0.861. The van der Waals surface area contributed by atoms with Gasteiger partial charge in [-0.3, -0.25) is 4.57 Å². The van der Waals surface area contributed by atoms with Gasteiger partial charge in [-0.05, 0) is 0 Å². The third-order valence-corrected chi connectivity index (χ3v) is 2.96. The van der Waals surface area contributed by atoms with Crippen LogP contribution < -0.4 is 0 Å². The van der Waals surface area contributed by atoms with E-state index in [-0.39, 0.29) is 0 Å². The summed E-state index contributed by atoms with van der Waals surface area (Å²) < 4.78 is 3.14. The van der Waals surface area contributed by atoms with Crippen LogP contribution >= 0.6 is 34.4 Å². The van der Waals surface area contributed by atoms with Gasteiger partial charge in [0.2, 0.25) is 0 Å². The molecule has 0 radical (unpaired) electrons. The number of aromatic nitrogens is 3. The maximum absolute atomic E-state index is 3.96. The van der Waals surface area contributed by atoms with E-state index in [1.165, 1.54) is 0 Å². The van der Waals surface area contributed by atoms with Crippen LogP contribution in [0.4, 0.5) is 0 Å². The molecule has 1 aliphatic heterocycles. The maximum atomic E-state index is 3.96. The number of thioether (sulfide) groups is 1. The minimum atomic E-state index is 1.01. The summed E-state index contributed by atoms with van der Waals surface area (Å²) in [7, 11) is 0. The standard InChI is InChI=1S/C4H4IN3S/c5-3-6-7-4-8(3)1-2-9-4/h1-2H2. The second-order valence-electron chi connectivity index (χ2n) is 1.75. The van der Waals surface area contributed by atoms with Crippen molar-refractivity contribution in [2.75, 3.05) is 5.75 Å². The van der Waals surface area contributed by atoms with Crippen molar-refractivity contribution in [1.82, 2.24) is 14.8 Å². The van der Waals surface area contributed by atoms with E-state index in [2.05, 4.69) is 37.4 Å². The Kier molecular flexibility index (Phi) is 1.40. The predicted molar refractivity (Wildman–Crippen MR) is 43.5 cm³/mol. The van der Waals surface area contributed by atoms with Crippen molar-refractivity contribution < 1.29 is 0 Å². The minimum absolute atomic E-state index is 1.01. The van der Waals surface area contributed by atoms with Crippen LogP contribution in [0.2, 0.25) is 0 Å². The van der Waals surface area contributed by atoms with Crippen molar-refractivity contribution in [3.05, 3.63) is 3.83 Å². The molecule has 0 aromatic carbocycles. The fourth-order valence-electron chi connectivity index (χ4n) is 0.794. The van der Waals surface area contributed by atoms with Crippen LogP contribution in [0.1, 0.15) is 0 Å². The summed E-state index contributed by atoms with van der Waals surface area (Å²) in [6.45, 7) is 1.07. The van der Waals surface area contributed by atoms with Crippen LogP contribution in [0.3, 0.4) is 0 Å². The highest BCUT2D eigenvalue weighted by molar-refractivity contribution is 14.1. The molecule has 0 amide bonds. The zero-order chi connectivity index (χ0) is 6.27. The molecule has 0 aliphatic carbocycles. The first-order valence-corrected chi connectivity index (χ1v) is 4.66. The van der Waals surface area contributed by atoms with Crippen LogP contribution in [-0.4, -0.2) is 20.5 Å². The minimum Gasteiger partial charge on any atom is -0.297 e. The summed E-state index contributed by atoms with van der Waals surface area (Å²) >= 11 is 3.97. The summed E-state index contributed by atoms with van der Waals surface area (Å²) in [4.78, 5) is 0. The molecule has 0 unspecified atom stereocenters. The lowest BCUT2D eigenvalue weighted by atomic mass is 10.7. The zero-order valence-corrected chi connectivity index (χ0v) is 7.52. The molecule has 0 saturated heterocycles. The fraction of sp³-hybridized carbons (Fsp3) is 0.500. The lowest BCUT2D eigenvalue weighted by Crippen LogP contribution is -1.95. The number of rotatable bonds is 0. The molecule has 9 heavy (non-hydrogen) atoms. The highest BCUT2D eigenvalue weighted by atomic mass is 127. The molecule has 48 valence electrons. The molecule has 3 nitrogen and oxygen atoms in total. The largest absolute Gasteiger partial charge is 0.297 e. The van der Waals surface area contributed by atoms with Crippen LogP contribution in [0.5, 0.6) is 0 Å². The van der Waals surface area contributed by atoms with Crippen LogP contribution in [0.25, 0.3) is 0 Å². The first-order valence-electron chi connectivity index (χ1n) is 2.59. The van der Waals surface area contributed by atoms with Gasteiger partial charge in [0.1, 0.15) is 0 Å². The van der Waals surface area contributed by atoms with Gasteiger partial charge < -0.3 is 0 Å². The Morgan fingerprint density at radius 1 is 1.56 bits per heavy atom. The number of halogens is 1. The van der Waals surface area contributed by atoms with Gasteiger partial charge in [0, 0.05) is 34.9 Å². The van der Waals surface area contributed by atoms with Crippen LogP contribution in [-0.2, 0) is 6.54 Å². The average Bonchev–Trinajstić information content (AvgIpc) is 2.35. The Labute approximate surface area is 70.4 Å². The molecule has 0 spiro atoms. The number of hydrogen-bond acceptors (Lipinski definition) is 3. The van der Waals surface area contributed by atoms with E-state index in [9.17, 15) is 0 Å². The summed E-state index contributed by atoms with van der Waals surface area (Å²) in [6.07, 6.45) is 0. The van der Waals surface area contributed by atoms with E-state index in [1.54, 1.807) is 11.8 Å². The molecule has 5 heteroatoms. The Balaban J connectivity index is 2.56. The molecular weight excluding hydrogens is 249 g/mol. The number of nitrogens with zero attached hydrogens (tertiary/aromatic N) is 3. The Morgan fingerprint density at radius 2 is 2.44 bits per heavy atom. The monoisotopic (exact) mass is 253 g/mol. The highest BCUT2D eigenvalue weighted by Gasteiger charge is 2.15. The maximum Gasteiger partial charge on any atom is 0.195 e. The van der Waals surface area contributed by atoms with Gasteiger partial charge in [0.25, 0.3) is 0 Å². The van der Waals surface area contributed by atoms with E-state index >= 15 is 0 Å². The quantitative estimate of drug-likeness (QED) is 0.646. The molecule has 1 aliphatic rings. The van der Waals surface area contributed by atoms with Crippen molar-refractivity contribution in [3.8, 4) is 0 Å². The van der Waals surface area contributed by atoms with Gasteiger partial charge in [-0.2, -0.15) is 0 Å². The second-order valence-corrected chi connectivity index (χ2v) is 3.78. The van der Waals surface area contributed by atoms with Gasteiger partial charge in [-0.15, -0.1) is 10.2 Å². The predicted octanol–water partition coefficient (Wildman–Crippen LogP) is 0.988. The van der Waals surface area contributed by atoms with Gasteiger partial charge in [0.05, 0.1) is 0 Å². The molecule has 0 N–H and O–H groups in total. The normalized spacial score (nSPS) is 16.1. The van der Waals surface area contributed by atoms with E-state index in [1.807, 2.05) is 0 Å². The molecule has 1 aromatic heterocycles. The SMILES string of the molecule is Ic1nnc2n1CCS2. The molecule has 0 atom stereocenters. The Bertz CT molecular complexity index is 234. The smallest absolute Gasteiger partial charge is 0.195 e. The first kappa shape index (κ1) is 5.96. The molecular formula is C4H4IN3S. The first-order chi connectivity index (χ1) is 4.38. The van der Waals surface area contributed by atoms with Crippen molar-refractivity contribution in [1.29, 1.82) is 0 Å². The lowest BCUT2D eigenvalue weighted by molar-refractivity contribution is 0.703. The number of hydrogen-bond donors (Lipinski definition) is 0. The summed E-state index contributed by atoms with van der Waals surface area (Å²) in [6, 6.07) is 0. The Morgan fingerprint density at radius 3 is 3.22 bits per heavy atom. The molecule has 2 rings (SSSR count). The van der Waals surface area contributed by atoms with Gasteiger partial charge >= 0.3 is 0 Å². The van der Waals surface area contributed by atoms with E-state index in [0.29, 0.717) is 0 Å². The van der Waals surface area contributed by atoms with Gasteiger partial charge in [0.15, 0.2) is 8.99 Å². The summed E-state index contributed by atoms with van der Waals surface area (Å²) in [5.74, 6) is 1.15. The van der Waals surface area contributed by atoms with Crippen LogP contribution in [0, 0.1) is 3.83 Å².